The maximum atomic E-state index is 13.2. The Bertz CT molecular complexity index is 1030. The van der Waals surface area contributed by atoms with Crippen LogP contribution in [0, 0.1) is 0 Å². The van der Waals surface area contributed by atoms with E-state index in [0.717, 1.165) is 36.3 Å². The number of thiophene rings is 1. The molecular weight excluding hydrogens is 434 g/mol. The smallest absolute Gasteiger partial charge is 0.326 e. The molecule has 0 aliphatic carbocycles. The molecule has 0 fully saturated rings. The van der Waals surface area contributed by atoms with Crippen molar-refractivity contribution in [2.45, 2.75) is 52.0 Å². The molecule has 164 valence electrons. The molecule has 3 rings (SSSR count). The molecule has 0 radical (unpaired) electrons. The number of rotatable bonds is 10. The number of carbonyl (C=O) groups excluding carboxylic acids is 1. The molecule has 0 unspecified atom stereocenters. The van der Waals surface area contributed by atoms with Gasteiger partial charge in [-0.2, -0.15) is 0 Å². The Hall–Kier alpha value is -2.64. The monoisotopic (exact) mass is 459 g/mol. The SMILES string of the molecule is CCCCc1nc(Cc2ccccc2Cl)c(CC(=O)N(c2cccs2)[C@@H](C)C(=O)O)[nH]1. The van der Waals surface area contributed by atoms with Crippen LogP contribution in [0.15, 0.2) is 41.8 Å². The van der Waals surface area contributed by atoms with Crippen LogP contribution in [0.5, 0.6) is 0 Å². The average Bonchev–Trinajstić information content (AvgIpc) is 3.39. The number of nitrogens with zero attached hydrogens (tertiary/aromatic N) is 2. The standard InChI is InChI=1S/C23H26ClN3O3S/c1-3-4-10-20-25-18(13-16-8-5-6-9-17(16)24)19(26-20)14-21(28)27(15(2)23(29)30)22-11-7-12-31-22/h5-9,11-12,15H,3-4,10,13-14H2,1-2H3,(H,25,26)(H,29,30)/t15-/m0/s1. The van der Waals surface area contributed by atoms with E-state index in [0.29, 0.717) is 22.1 Å². The van der Waals surface area contributed by atoms with Crippen molar-refractivity contribution < 1.29 is 14.7 Å². The number of carboxylic acid groups (broad SMARTS) is 1. The van der Waals surface area contributed by atoms with E-state index in [1.807, 2.05) is 29.6 Å². The second-order valence-corrected chi connectivity index (χ2v) is 8.72. The Balaban J connectivity index is 1.90. The molecule has 0 saturated heterocycles. The fourth-order valence-electron chi connectivity index (χ4n) is 3.37. The third-order valence-corrected chi connectivity index (χ3v) is 6.32. The van der Waals surface area contributed by atoms with Crippen LogP contribution in [-0.2, 0) is 28.9 Å². The first-order valence-corrected chi connectivity index (χ1v) is 11.5. The van der Waals surface area contributed by atoms with Crippen LogP contribution in [0.4, 0.5) is 5.00 Å². The largest absolute Gasteiger partial charge is 0.480 e. The van der Waals surface area contributed by atoms with Crippen LogP contribution in [-0.4, -0.2) is 33.0 Å². The van der Waals surface area contributed by atoms with Gasteiger partial charge in [-0.05, 0) is 42.5 Å². The number of anilines is 1. The van der Waals surface area contributed by atoms with Gasteiger partial charge in [0.2, 0.25) is 5.91 Å². The predicted octanol–water partition coefficient (Wildman–Crippen LogP) is 5.11. The Kier molecular flexibility index (Phi) is 7.87. The van der Waals surface area contributed by atoms with E-state index in [1.54, 1.807) is 12.1 Å². The molecule has 0 aliphatic rings. The number of amides is 1. The number of aromatic nitrogens is 2. The number of unbranched alkanes of at least 4 members (excludes halogenated alkanes) is 1. The van der Waals surface area contributed by atoms with Gasteiger partial charge in [0.15, 0.2) is 0 Å². The Morgan fingerprint density at radius 1 is 1.26 bits per heavy atom. The summed E-state index contributed by atoms with van der Waals surface area (Å²) in [6, 6.07) is 10.2. The van der Waals surface area contributed by atoms with Gasteiger partial charge in [-0.1, -0.05) is 43.1 Å². The number of aryl methyl sites for hydroxylation is 1. The second-order valence-electron chi connectivity index (χ2n) is 7.39. The van der Waals surface area contributed by atoms with Crippen molar-refractivity contribution in [1.82, 2.24) is 9.97 Å². The summed E-state index contributed by atoms with van der Waals surface area (Å²) in [5.41, 5.74) is 2.40. The molecule has 2 N–H and O–H groups in total. The zero-order chi connectivity index (χ0) is 22.4. The summed E-state index contributed by atoms with van der Waals surface area (Å²) in [4.78, 5) is 34.3. The number of nitrogens with one attached hydrogen (secondary N) is 1. The highest BCUT2D eigenvalue weighted by molar-refractivity contribution is 7.14. The van der Waals surface area contributed by atoms with Gasteiger partial charge in [0.25, 0.3) is 0 Å². The zero-order valence-corrected chi connectivity index (χ0v) is 19.2. The molecule has 0 aliphatic heterocycles. The van der Waals surface area contributed by atoms with Gasteiger partial charge in [0.1, 0.15) is 11.9 Å². The number of benzene rings is 1. The van der Waals surface area contributed by atoms with Crippen LogP contribution in [0.25, 0.3) is 0 Å². The van der Waals surface area contributed by atoms with Gasteiger partial charge in [-0.3, -0.25) is 9.69 Å². The molecule has 31 heavy (non-hydrogen) atoms. The number of H-pyrrole nitrogens is 1. The maximum Gasteiger partial charge on any atom is 0.326 e. The van der Waals surface area contributed by atoms with Crippen LogP contribution < -0.4 is 4.90 Å². The number of hydrogen-bond donors (Lipinski definition) is 2. The molecule has 1 atom stereocenters. The number of imidazole rings is 1. The van der Waals surface area contributed by atoms with Gasteiger partial charge in [0, 0.05) is 23.6 Å². The van der Waals surface area contributed by atoms with Gasteiger partial charge < -0.3 is 10.1 Å². The Morgan fingerprint density at radius 2 is 2.03 bits per heavy atom. The average molecular weight is 460 g/mol. The van der Waals surface area contributed by atoms with Gasteiger partial charge >= 0.3 is 5.97 Å². The van der Waals surface area contributed by atoms with Gasteiger partial charge in [-0.15, -0.1) is 11.3 Å². The number of carbonyl (C=O) groups is 2. The minimum Gasteiger partial charge on any atom is -0.480 e. The summed E-state index contributed by atoms with van der Waals surface area (Å²) in [6.07, 6.45) is 3.36. The van der Waals surface area contributed by atoms with E-state index in [1.165, 1.54) is 23.2 Å². The molecule has 1 amide bonds. The summed E-state index contributed by atoms with van der Waals surface area (Å²) >= 11 is 7.68. The summed E-state index contributed by atoms with van der Waals surface area (Å²) < 4.78 is 0. The fraction of sp³-hybridized carbons (Fsp3) is 0.348. The molecule has 0 bridgehead atoms. The predicted molar refractivity (Wildman–Crippen MR) is 124 cm³/mol. The van der Waals surface area contributed by atoms with E-state index in [9.17, 15) is 14.7 Å². The van der Waals surface area contributed by atoms with Crippen molar-refractivity contribution in [3.8, 4) is 0 Å². The quantitative estimate of drug-likeness (QED) is 0.441. The van der Waals surface area contributed by atoms with Crippen molar-refractivity contribution in [1.29, 1.82) is 0 Å². The van der Waals surface area contributed by atoms with E-state index < -0.39 is 12.0 Å². The van der Waals surface area contributed by atoms with E-state index in [-0.39, 0.29) is 12.3 Å². The minimum absolute atomic E-state index is 0.0361. The molecule has 3 aromatic rings. The van der Waals surface area contributed by atoms with Crippen LogP contribution in [0.3, 0.4) is 0 Å². The summed E-state index contributed by atoms with van der Waals surface area (Å²) in [7, 11) is 0. The Morgan fingerprint density at radius 3 is 2.68 bits per heavy atom. The lowest BCUT2D eigenvalue weighted by Gasteiger charge is -2.25. The maximum absolute atomic E-state index is 13.2. The molecular formula is C23H26ClN3O3S. The van der Waals surface area contributed by atoms with E-state index in [4.69, 9.17) is 16.6 Å². The van der Waals surface area contributed by atoms with Crippen LogP contribution in [0.2, 0.25) is 5.02 Å². The zero-order valence-electron chi connectivity index (χ0n) is 17.6. The number of hydrogen-bond acceptors (Lipinski definition) is 4. The molecule has 1 aromatic carbocycles. The lowest BCUT2D eigenvalue weighted by Crippen LogP contribution is -2.44. The third-order valence-electron chi connectivity index (χ3n) is 5.08. The topological polar surface area (TPSA) is 86.3 Å². The van der Waals surface area contributed by atoms with Gasteiger partial charge in [0.05, 0.1) is 17.1 Å². The number of carboxylic acids is 1. The lowest BCUT2D eigenvalue weighted by molar-refractivity contribution is -0.139. The number of halogens is 1. The third kappa shape index (κ3) is 5.74. The second kappa shape index (κ2) is 10.6. The van der Waals surface area contributed by atoms with Crippen LogP contribution in [0.1, 0.15) is 49.5 Å². The fourth-order valence-corrected chi connectivity index (χ4v) is 4.40. The number of aromatic amines is 1. The molecule has 0 spiro atoms. The highest BCUT2D eigenvalue weighted by Crippen LogP contribution is 2.26. The highest BCUT2D eigenvalue weighted by atomic mass is 35.5. The summed E-state index contributed by atoms with van der Waals surface area (Å²) in [6.45, 7) is 3.63. The molecule has 6 nitrogen and oxygen atoms in total. The van der Waals surface area contributed by atoms with Gasteiger partial charge in [-0.25, -0.2) is 9.78 Å². The van der Waals surface area contributed by atoms with E-state index in [2.05, 4.69) is 11.9 Å². The Labute approximate surface area is 190 Å². The van der Waals surface area contributed by atoms with Crippen molar-refractivity contribution in [2.75, 3.05) is 4.90 Å². The first-order chi connectivity index (χ1) is 14.9. The molecule has 0 saturated carbocycles. The molecule has 8 heteroatoms. The summed E-state index contributed by atoms with van der Waals surface area (Å²) in [5, 5.41) is 12.6. The van der Waals surface area contributed by atoms with E-state index >= 15 is 0 Å². The first-order valence-electron chi connectivity index (χ1n) is 10.3. The normalized spacial score (nSPS) is 12.0. The van der Waals surface area contributed by atoms with Crippen molar-refractivity contribution in [3.63, 3.8) is 0 Å². The first kappa shape index (κ1) is 23.0. The lowest BCUT2D eigenvalue weighted by atomic mass is 10.1. The van der Waals surface area contributed by atoms with Crippen LogP contribution >= 0.6 is 22.9 Å². The molecule has 2 heterocycles. The number of aliphatic carboxylic acids is 1. The van der Waals surface area contributed by atoms with Crippen molar-refractivity contribution in [3.05, 3.63) is 69.6 Å². The molecule has 2 aromatic heterocycles. The highest BCUT2D eigenvalue weighted by Gasteiger charge is 2.29. The van der Waals surface area contributed by atoms with Crippen molar-refractivity contribution >= 4 is 39.8 Å². The summed E-state index contributed by atoms with van der Waals surface area (Å²) in [5.74, 6) is -0.504. The minimum atomic E-state index is -1.05. The van der Waals surface area contributed by atoms with Crippen molar-refractivity contribution in [2.24, 2.45) is 0 Å².